The summed E-state index contributed by atoms with van der Waals surface area (Å²) in [6, 6.07) is 21.9. The van der Waals surface area contributed by atoms with Gasteiger partial charge in [0, 0.05) is 32.8 Å². The lowest BCUT2D eigenvalue weighted by molar-refractivity contribution is -0.00919. The van der Waals surface area contributed by atoms with Crippen molar-refractivity contribution in [2.24, 2.45) is 0 Å². The zero-order chi connectivity index (χ0) is 15.9. The minimum absolute atomic E-state index is 0.246. The molecule has 3 rings (SSSR count). The molecule has 3 heteroatoms. The Morgan fingerprint density at radius 1 is 0.957 bits per heavy atom. The first kappa shape index (κ1) is 16.2. The highest BCUT2D eigenvalue weighted by Crippen LogP contribution is 2.20. The number of rotatable bonds is 6. The Balaban J connectivity index is 1.80. The summed E-state index contributed by atoms with van der Waals surface area (Å²) >= 11 is 0. The highest BCUT2D eigenvalue weighted by atomic mass is 16.5. The van der Waals surface area contributed by atoms with Crippen molar-refractivity contribution in [3.63, 3.8) is 0 Å². The normalized spacial score (nSPS) is 21.5. The summed E-state index contributed by atoms with van der Waals surface area (Å²) in [6.07, 6.45) is 1.37. The van der Waals surface area contributed by atoms with Crippen molar-refractivity contribution in [1.82, 2.24) is 10.2 Å². The number of benzene rings is 2. The highest BCUT2D eigenvalue weighted by Gasteiger charge is 2.30. The van der Waals surface area contributed by atoms with Gasteiger partial charge in [-0.2, -0.15) is 0 Å². The molecule has 0 radical (unpaired) electrons. The largest absolute Gasteiger partial charge is 0.378 e. The van der Waals surface area contributed by atoms with Gasteiger partial charge in [0.2, 0.25) is 0 Å². The Morgan fingerprint density at radius 2 is 1.52 bits per heavy atom. The first-order valence-corrected chi connectivity index (χ1v) is 8.42. The molecule has 122 valence electrons. The first-order valence-electron chi connectivity index (χ1n) is 8.42. The van der Waals surface area contributed by atoms with Crippen LogP contribution in [-0.2, 0) is 17.8 Å². The molecule has 0 aliphatic carbocycles. The molecule has 1 N–H and O–H groups in total. The molecule has 1 aliphatic rings. The predicted molar refractivity (Wildman–Crippen MR) is 94.2 cm³/mol. The van der Waals surface area contributed by atoms with Gasteiger partial charge in [0.05, 0.1) is 6.10 Å². The molecule has 0 bridgehead atoms. The second-order valence-corrected chi connectivity index (χ2v) is 6.21. The molecule has 0 spiro atoms. The van der Waals surface area contributed by atoms with Crippen LogP contribution in [0.5, 0.6) is 0 Å². The number of ether oxygens (including phenoxy) is 1. The summed E-state index contributed by atoms with van der Waals surface area (Å²) in [5.41, 5.74) is 2.72. The van der Waals surface area contributed by atoms with Crippen LogP contribution >= 0.6 is 0 Å². The van der Waals surface area contributed by atoms with Crippen LogP contribution in [0.15, 0.2) is 60.7 Å². The molecule has 23 heavy (non-hydrogen) atoms. The molecular formula is C20H26N2O. The molecule has 1 fully saturated rings. The van der Waals surface area contributed by atoms with Crippen LogP contribution in [0.2, 0.25) is 0 Å². The van der Waals surface area contributed by atoms with Crippen molar-refractivity contribution in [3.05, 3.63) is 71.8 Å². The van der Waals surface area contributed by atoms with Gasteiger partial charge in [0.15, 0.2) is 0 Å². The number of nitrogens with one attached hydrogen (secondary N) is 1. The summed E-state index contributed by atoms with van der Waals surface area (Å²) in [5, 5.41) is 3.45. The standard InChI is InChI=1S/C20H26N2O/c1-23-20-14-21-13-12-19(20)22(15-17-8-4-2-5-9-17)16-18-10-6-3-7-11-18/h2-11,19-21H,12-16H2,1H3/t19?,20-/m0/s1. The molecule has 0 saturated carbocycles. The third-order valence-electron chi connectivity index (χ3n) is 4.62. The zero-order valence-electron chi connectivity index (χ0n) is 13.8. The van der Waals surface area contributed by atoms with Crippen LogP contribution in [0.3, 0.4) is 0 Å². The molecule has 0 aromatic heterocycles. The van der Waals surface area contributed by atoms with Crippen molar-refractivity contribution in [1.29, 1.82) is 0 Å². The quantitative estimate of drug-likeness (QED) is 0.887. The number of hydrogen-bond acceptors (Lipinski definition) is 3. The maximum atomic E-state index is 5.76. The SMILES string of the molecule is CO[C@H]1CNCCC1N(Cc1ccccc1)Cc1ccccc1. The van der Waals surface area contributed by atoms with E-state index in [1.54, 1.807) is 0 Å². The molecule has 1 saturated heterocycles. The van der Waals surface area contributed by atoms with Gasteiger partial charge in [0.1, 0.15) is 0 Å². The van der Waals surface area contributed by atoms with E-state index in [1.165, 1.54) is 11.1 Å². The van der Waals surface area contributed by atoms with Gasteiger partial charge in [-0.15, -0.1) is 0 Å². The Kier molecular flexibility index (Phi) is 5.81. The average molecular weight is 310 g/mol. The molecule has 2 aromatic rings. The van der Waals surface area contributed by atoms with Crippen molar-refractivity contribution < 1.29 is 4.74 Å². The maximum absolute atomic E-state index is 5.76. The smallest absolute Gasteiger partial charge is 0.0851 e. The average Bonchev–Trinajstić information content (AvgIpc) is 2.63. The van der Waals surface area contributed by atoms with Crippen LogP contribution in [0.4, 0.5) is 0 Å². The molecule has 3 nitrogen and oxygen atoms in total. The van der Waals surface area contributed by atoms with Crippen molar-refractivity contribution in [3.8, 4) is 0 Å². The maximum Gasteiger partial charge on any atom is 0.0851 e. The molecule has 1 heterocycles. The summed E-state index contributed by atoms with van der Waals surface area (Å²) in [7, 11) is 1.83. The van der Waals surface area contributed by atoms with Gasteiger partial charge in [-0.3, -0.25) is 4.90 Å². The van der Waals surface area contributed by atoms with Gasteiger partial charge in [0.25, 0.3) is 0 Å². The molecule has 1 unspecified atom stereocenters. The second kappa shape index (κ2) is 8.25. The van der Waals surface area contributed by atoms with E-state index in [4.69, 9.17) is 4.74 Å². The first-order chi connectivity index (χ1) is 11.4. The summed E-state index contributed by atoms with van der Waals surface area (Å²) in [4.78, 5) is 2.57. The fourth-order valence-corrected chi connectivity index (χ4v) is 3.40. The number of nitrogens with zero attached hydrogens (tertiary/aromatic N) is 1. The Labute approximate surface area is 139 Å². The van der Waals surface area contributed by atoms with E-state index in [9.17, 15) is 0 Å². The van der Waals surface area contributed by atoms with Crippen LogP contribution < -0.4 is 5.32 Å². The van der Waals surface area contributed by atoms with Crippen LogP contribution in [0, 0.1) is 0 Å². The van der Waals surface area contributed by atoms with Crippen LogP contribution in [0.25, 0.3) is 0 Å². The second-order valence-electron chi connectivity index (χ2n) is 6.21. The minimum atomic E-state index is 0.246. The number of hydrogen-bond donors (Lipinski definition) is 1. The number of methoxy groups -OCH3 is 1. The van der Waals surface area contributed by atoms with E-state index in [1.807, 2.05) is 7.11 Å². The third-order valence-corrected chi connectivity index (χ3v) is 4.62. The van der Waals surface area contributed by atoms with Crippen LogP contribution in [-0.4, -0.2) is 37.2 Å². The van der Waals surface area contributed by atoms with E-state index in [0.717, 1.165) is 32.6 Å². The third kappa shape index (κ3) is 4.41. The minimum Gasteiger partial charge on any atom is -0.378 e. The van der Waals surface area contributed by atoms with Gasteiger partial charge in [-0.05, 0) is 24.1 Å². The predicted octanol–water partition coefficient (Wildman–Crippen LogP) is 3.07. The molecule has 0 amide bonds. The molecule has 2 aromatic carbocycles. The van der Waals surface area contributed by atoms with E-state index < -0.39 is 0 Å². The van der Waals surface area contributed by atoms with E-state index >= 15 is 0 Å². The van der Waals surface area contributed by atoms with Crippen molar-refractivity contribution in [2.75, 3.05) is 20.2 Å². The fraction of sp³-hybridized carbons (Fsp3) is 0.400. The van der Waals surface area contributed by atoms with Gasteiger partial charge in [-0.25, -0.2) is 0 Å². The van der Waals surface area contributed by atoms with Crippen molar-refractivity contribution in [2.45, 2.75) is 31.7 Å². The van der Waals surface area contributed by atoms with E-state index in [0.29, 0.717) is 6.04 Å². The number of piperidine rings is 1. The lowest BCUT2D eigenvalue weighted by atomic mass is 9.99. The van der Waals surface area contributed by atoms with E-state index in [-0.39, 0.29) is 6.10 Å². The topological polar surface area (TPSA) is 24.5 Å². The summed E-state index contributed by atoms with van der Waals surface area (Å²) in [6.45, 7) is 3.91. The van der Waals surface area contributed by atoms with Gasteiger partial charge < -0.3 is 10.1 Å². The lowest BCUT2D eigenvalue weighted by Gasteiger charge is -2.39. The monoisotopic (exact) mass is 310 g/mol. The Morgan fingerprint density at radius 3 is 2.04 bits per heavy atom. The van der Waals surface area contributed by atoms with Crippen LogP contribution in [0.1, 0.15) is 17.5 Å². The molecule has 2 atom stereocenters. The highest BCUT2D eigenvalue weighted by molar-refractivity contribution is 5.17. The molecular weight excluding hydrogens is 284 g/mol. The summed E-state index contributed by atoms with van der Waals surface area (Å²) in [5.74, 6) is 0. The fourth-order valence-electron chi connectivity index (χ4n) is 3.40. The Bertz CT molecular complexity index is 531. The van der Waals surface area contributed by atoms with Gasteiger partial charge >= 0.3 is 0 Å². The van der Waals surface area contributed by atoms with Crippen molar-refractivity contribution >= 4 is 0 Å². The lowest BCUT2D eigenvalue weighted by Crippen LogP contribution is -2.53. The van der Waals surface area contributed by atoms with Gasteiger partial charge in [-0.1, -0.05) is 60.7 Å². The Hall–Kier alpha value is -1.68. The molecule has 1 aliphatic heterocycles. The summed E-state index contributed by atoms with van der Waals surface area (Å²) < 4.78 is 5.76. The van der Waals surface area contributed by atoms with E-state index in [2.05, 4.69) is 70.9 Å². The zero-order valence-corrected chi connectivity index (χ0v) is 13.8.